The number of hydrogen-bond acceptors (Lipinski definition) is 3. The van der Waals surface area contributed by atoms with Crippen LogP contribution in [-0.4, -0.2) is 21.7 Å². The van der Waals surface area contributed by atoms with Gasteiger partial charge >= 0.3 is 0 Å². The van der Waals surface area contributed by atoms with E-state index in [1.807, 2.05) is 24.3 Å². The molecule has 0 aliphatic rings. The summed E-state index contributed by atoms with van der Waals surface area (Å²) in [7, 11) is 0. The van der Waals surface area contributed by atoms with Crippen molar-refractivity contribution in [3.63, 3.8) is 0 Å². The van der Waals surface area contributed by atoms with Crippen LogP contribution in [0.15, 0.2) is 41.1 Å². The van der Waals surface area contributed by atoms with Crippen molar-refractivity contribution in [2.24, 2.45) is 5.73 Å². The van der Waals surface area contributed by atoms with Crippen molar-refractivity contribution in [3.8, 4) is 5.69 Å². The molecule has 0 aliphatic carbocycles. The predicted molar refractivity (Wildman–Crippen MR) is 73.5 cm³/mol. The first kappa shape index (κ1) is 12.6. The minimum absolute atomic E-state index is 0.399. The molecule has 0 saturated heterocycles. The number of halogens is 1. The first-order chi connectivity index (χ1) is 8.58. The fraction of sp³-hybridized carbons (Fsp3) is 0.167. The van der Waals surface area contributed by atoms with Gasteiger partial charge in [-0.25, -0.2) is 4.68 Å². The number of para-hydroxylation sites is 1. The summed E-state index contributed by atoms with van der Waals surface area (Å²) in [6, 6.07) is 7.32. The van der Waals surface area contributed by atoms with E-state index in [1.54, 1.807) is 24.0 Å². The highest BCUT2D eigenvalue weighted by molar-refractivity contribution is 9.10. The van der Waals surface area contributed by atoms with E-state index in [-0.39, 0.29) is 0 Å². The van der Waals surface area contributed by atoms with Crippen LogP contribution >= 0.6 is 15.9 Å². The number of primary amides is 1. The minimum atomic E-state index is -0.429. The van der Waals surface area contributed by atoms with Gasteiger partial charge in [0.05, 0.1) is 23.8 Å². The van der Waals surface area contributed by atoms with E-state index in [1.165, 1.54) is 0 Å². The molecule has 0 bridgehead atoms. The molecule has 0 fully saturated rings. The van der Waals surface area contributed by atoms with Crippen LogP contribution in [0.25, 0.3) is 5.69 Å². The molecule has 2 rings (SSSR count). The van der Waals surface area contributed by atoms with Gasteiger partial charge in [0.1, 0.15) is 6.04 Å². The number of amides is 1. The molecule has 1 atom stereocenters. The molecular weight excluding hydrogens is 296 g/mol. The maximum absolute atomic E-state index is 11.0. The molecule has 0 unspecified atom stereocenters. The minimum Gasteiger partial charge on any atom is -0.371 e. The molecule has 0 saturated carbocycles. The van der Waals surface area contributed by atoms with Gasteiger partial charge in [-0.1, -0.05) is 12.1 Å². The zero-order valence-electron chi connectivity index (χ0n) is 9.80. The van der Waals surface area contributed by atoms with E-state index in [9.17, 15) is 4.79 Å². The average Bonchev–Trinajstić information content (AvgIpc) is 2.77. The number of carbonyl (C=O) groups is 1. The van der Waals surface area contributed by atoms with Crippen LogP contribution in [0.2, 0.25) is 0 Å². The van der Waals surface area contributed by atoms with Crippen LogP contribution in [-0.2, 0) is 4.79 Å². The van der Waals surface area contributed by atoms with Crippen molar-refractivity contribution in [2.45, 2.75) is 13.0 Å². The largest absolute Gasteiger partial charge is 0.371 e. The lowest BCUT2D eigenvalue weighted by molar-refractivity contribution is -0.118. The summed E-state index contributed by atoms with van der Waals surface area (Å²) >= 11 is 3.46. The second-order valence-corrected chi connectivity index (χ2v) is 4.75. The number of nitrogens with one attached hydrogen (secondary N) is 1. The van der Waals surface area contributed by atoms with Crippen molar-refractivity contribution < 1.29 is 4.79 Å². The summed E-state index contributed by atoms with van der Waals surface area (Å²) in [5, 5.41) is 7.21. The van der Waals surface area contributed by atoms with Gasteiger partial charge in [0.25, 0.3) is 0 Å². The second-order valence-electron chi connectivity index (χ2n) is 3.89. The van der Waals surface area contributed by atoms with Gasteiger partial charge in [-0.05, 0) is 35.0 Å². The molecule has 0 spiro atoms. The van der Waals surface area contributed by atoms with Gasteiger partial charge in [-0.15, -0.1) is 0 Å². The summed E-state index contributed by atoms with van der Waals surface area (Å²) in [6.07, 6.45) is 3.46. The molecular formula is C12H13BrN4O. The monoisotopic (exact) mass is 308 g/mol. The fourth-order valence-electron chi connectivity index (χ4n) is 1.49. The molecule has 1 aromatic carbocycles. The Labute approximate surface area is 113 Å². The SMILES string of the molecule is C[C@H](Nc1cnn(-c2ccccc2Br)c1)C(N)=O. The number of anilines is 1. The Hall–Kier alpha value is -1.82. The molecule has 0 radical (unpaired) electrons. The first-order valence-electron chi connectivity index (χ1n) is 5.43. The maximum atomic E-state index is 11.0. The molecule has 0 aliphatic heterocycles. The Bertz CT molecular complexity index is 567. The van der Waals surface area contributed by atoms with Crippen molar-refractivity contribution in [1.82, 2.24) is 9.78 Å². The summed E-state index contributed by atoms with van der Waals surface area (Å²) in [5.74, 6) is -0.399. The molecule has 1 heterocycles. The zero-order chi connectivity index (χ0) is 13.1. The topological polar surface area (TPSA) is 72.9 Å². The number of carbonyl (C=O) groups excluding carboxylic acids is 1. The van der Waals surface area contributed by atoms with Gasteiger partial charge in [-0.2, -0.15) is 5.10 Å². The highest BCUT2D eigenvalue weighted by Gasteiger charge is 2.10. The lowest BCUT2D eigenvalue weighted by atomic mass is 10.3. The number of benzene rings is 1. The average molecular weight is 309 g/mol. The van der Waals surface area contributed by atoms with E-state index in [2.05, 4.69) is 26.3 Å². The normalized spacial score (nSPS) is 12.1. The number of nitrogens with two attached hydrogens (primary N) is 1. The highest BCUT2D eigenvalue weighted by Crippen LogP contribution is 2.21. The van der Waals surface area contributed by atoms with Gasteiger partial charge < -0.3 is 11.1 Å². The molecule has 2 aromatic rings. The Balaban J connectivity index is 2.21. The third-order valence-corrected chi connectivity index (χ3v) is 3.16. The lowest BCUT2D eigenvalue weighted by Gasteiger charge is -2.08. The standard InChI is InChI=1S/C12H13BrN4O/c1-8(12(14)18)16-9-6-15-17(7-9)11-5-3-2-4-10(11)13/h2-8,16H,1H3,(H2,14,18)/t8-/m0/s1. The van der Waals surface area contributed by atoms with Crippen molar-refractivity contribution in [1.29, 1.82) is 0 Å². The molecule has 3 N–H and O–H groups in total. The first-order valence-corrected chi connectivity index (χ1v) is 6.22. The molecule has 1 aromatic heterocycles. The summed E-state index contributed by atoms with van der Waals surface area (Å²) in [4.78, 5) is 11.0. The van der Waals surface area contributed by atoms with Crippen molar-refractivity contribution in [3.05, 3.63) is 41.1 Å². The number of nitrogens with zero attached hydrogens (tertiary/aromatic N) is 2. The van der Waals surface area contributed by atoms with E-state index < -0.39 is 11.9 Å². The molecule has 18 heavy (non-hydrogen) atoms. The maximum Gasteiger partial charge on any atom is 0.239 e. The quantitative estimate of drug-likeness (QED) is 0.906. The Morgan fingerprint density at radius 1 is 1.50 bits per heavy atom. The van der Waals surface area contributed by atoms with Crippen LogP contribution in [0.1, 0.15) is 6.92 Å². The smallest absolute Gasteiger partial charge is 0.239 e. The van der Waals surface area contributed by atoms with E-state index in [4.69, 9.17) is 5.73 Å². The summed E-state index contributed by atoms with van der Waals surface area (Å²) < 4.78 is 2.67. The molecule has 94 valence electrons. The van der Waals surface area contributed by atoms with Gasteiger partial charge in [0.2, 0.25) is 5.91 Å². The van der Waals surface area contributed by atoms with Crippen molar-refractivity contribution >= 4 is 27.5 Å². The zero-order valence-corrected chi connectivity index (χ0v) is 11.4. The number of rotatable bonds is 4. The number of hydrogen-bond donors (Lipinski definition) is 2. The van der Waals surface area contributed by atoms with Crippen LogP contribution in [0.4, 0.5) is 5.69 Å². The summed E-state index contributed by atoms with van der Waals surface area (Å²) in [6.45, 7) is 1.71. The molecule has 1 amide bonds. The van der Waals surface area contributed by atoms with Gasteiger partial charge in [-0.3, -0.25) is 4.79 Å². The predicted octanol–water partition coefficient (Wildman–Crippen LogP) is 1.92. The Morgan fingerprint density at radius 2 is 2.22 bits per heavy atom. The number of aromatic nitrogens is 2. The lowest BCUT2D eigenvalue weighted by Crippen LogP contribution is -2.32. The Morgan fingerprint density at radius 3 is 2.89 bits per heavy atom. The van der Waals surface area contributed by atoms with E-state index in [0.717, 1.165) is 15.8 Å². The van der Waals surface area contributed by atoms with Crippen LogP contribution in [0.3, 0.4) is 0 Å². The van der Waals surface area contributed by atoms with Crippen LogP contribution in [0, 0.1) is 0 Å². The molecule has 5 nitrogen and oxygen atoms in total. The van der Waals surface area contributed by atoms with E-state index in [0.29, 0.717) is 0 Å². The second kappa shape index (κ2) is 5.22. The van der Waals surface area contributed by atoms with Gasteiger partial charge in [0, 0.05) is 4.47 Å². The third-order valence-electron chi connectivity index (χ3n) is 2.49. The van der Waals surface area contributed by atoms with Crippen LogP contribution in [0.5, 0.6) is 0 Å². The fourth-order valence-corrected chi connectivity index (χ4v) is 1.95. The van der Waals surface area contributed by atoms with E-state index >= 15 is 0 Å². The summed E-state index contributed by atoms with van der Waals surface area (Å²) in [5.41, 5.74) is 6.87. The Kier molecular flexibility index (Phi) is 3.66. The van der Waals surface area contributed by atoms with Crippen LogP contribution < -0.4 is 11.1 Å². The highest BCUT2D eigenvalue weighted by atomic mass is 79.9. The third kappa shape index (κ3) is 2.70. The van der Waals surface area contributed by atoms with Crippen molar-refractivity contribution in [2.75, 3.05) is 5.32 Å². The van der Waals surface area contributed by atoms with Gasteiger partial charge in [0.15, 0.2) is 0 Å². The molecule has 6 heteroatoms.